The van der Waals surface area contributed by atoms with Crippen molar-refractivity contribution in [1.82, 2.24) is 4.90 Å². The first-order valence-electron chi connectivity index (χ1n) is 9.59. The van der Waals surface area contributed by atoms with Gasteiger partial charge in [-0.2, -0.15) is 0 Å². The molecule has 0 unspecified atom stereocenters. The molecular formula is C19H33NO6. The molecule has 2 rings (SSSR count). The van der Waals surface area contributed by atoms with Crippen molar-refractivity contribution in [1.29, 1.82) is 0 Å². The van der Waals surface area contributed by atoms with E-state index in [0.29, 0.717) is 25.7 Å². The number of carbonyl (C=O) groups is 2. The topological polar surface area (TPSA) is 85.3 Å². The van der Waals surface area contributed by atoms with Gasteiger partial charge in [-0.1, -0.05) is 0 Å². The third-order valence-electron chi connectivity index (χ3n) is 4.96. The van der Waals surface area contributed by atoms with Gasteiger partial charge in [-0.05, 0) is 59.3 Å². The van der Waals surface area contributed by atoms with Crippen LogP contribution in [0.15, 0.2) is 0 Å². The van der Waals surface area contributed by atoms with Gasteiger partial charge < -0.3 is 19.3 Å². The first kappa shape index (κ1) is 21.1. The Balaban J connectivity index is 1.97. The van der Waals surface area contributed by atoms with Crippen molar-refractivity contribution in [3.05, 3.63) is 0 Å². The summed E-state index contributed by atoms with van der Waals surface area (Å²) in [5.74, 6) is -0.910. The van der Waals surface area contributed by atoms with E-state index in [4.69, 9.17) is 14.2 Å². The number of likely N-dealkylation sites (tertiary alicyclic amines) is 1. The molecule has 7 nitrogen and oxygen atoms in total. The lowest BCUT2D eigenvalue weighted by molar-refractivity contribution is -0.194. The molecule has 1 N–H and O–H groups in total. The number of aliphatic hydroxyl groups is 1. The Morgan fingerprint density at radius 2 is 1.65 bits per heavy atom. The van der Waals surface area contributed by atoms with E-state index in [1.54, 1.807) is 20.8 Å². The fourth-order valence-electron chi connectivity index (χ4n) is 3.63. The van der Waals surface area contributed by atoms with E-state index in [1.165, 1.54) is 7.11 Å². The maximum absolute atomic E-state index is 12.3. The lowest BCUT2D eigenvalue weighted by Crippen LogP contribution is -2.51. The molecule has 1 heterocycles. The second-order valence-electron chi connectivity index (χ2n) is 8.24. The lowest BCUT2D eigenvalue weighted by Gasteiger charge is -2.36. The highest BCUT2D eigenvalue weighted by Crippen LogP contribution is 2.29. The Morgan fingerprint density at radius 3 is 2.15 bits per heavy atom. The molecule has 7 heteroatoms. The summed E-state index contributed by atoms with van der Waals surface area (Å²) in [6.45, 7) is 6.91. The zero-order chi connectivity index (χ0) is 19.3. The normalized spacial score (nSPS) is 27.0. The maximum Gasteiger partial charge on any atom is 0.339 e. The molecule has 0 bridgehead atoms. The molecule has 0 spiro atoms. The van der Waals surface area contributed by atoms with Gasteiger partial charge in [-0.15, -0.1) is 0 Å². The van der Waals surface area contributed by atoms with E-state index >= 15 is 0 Å². The minimum absolute atomic E-state index is 0.0825. The van der Waals surface area contributed by atoms with Crippen molar-refractivity contribution < 1.29 is 28.9 Å². The molecule has 0 aromatic rings. The Labute approximate surface area is 156 Å². The number of rotatable bonds is 6. The SMILES string of the molecule is COC(=O)C1CCC(O[C@@H]([C@H](O)C(=O)OC(C)(C)C)N2CCCC2)CC1. The maximum atomic E-state index is 12.3. The van der Waals surface area contributed by atoms with Crippen molar-refractivity contribution in [3.8, 4) is 0 Å². The van der Waals surface area contributed by atoms with Gasteiger partial charge in [-0.3, -0.25) is 9.69 Å². The molecule has 0 aromatic carbocycles. The average molecular weight is 371 g/mol. The summed E-state index contributed by atoms with van der Waals surface area (Å²) in [6.07, 6.45) is 2.75. The van der Waals surface area contributed by atoms with Crippen LogP contribution in [0.4, 0.5) is 0 Å². The van der Waals surface area contributed by atoms with Crippen molar-refractivity contribution >= 4 is 11.9 Å². The molecule has 26 heavy (non-hydrogen) atoms. The second kappa shape index (κ2) is 9.15. The summed E-state index contributed by atoms with van der Waals surface area (Å²) >= 11 is 0. The van der Waals surface area contributed by atoms with E-state index < -0.39 is 23.9 Å². The summed E-state index contributed by atoms with van der Waals surface area (Å²) in [6, 6.07) is 0. The van der Waals surface area contributed by atoms with Gasteiger partial charge in [0, 0.05) is 13.1 Å². The summed E-state index contributed by atoms with van der Waals surface area (Å²) in [5.41, 5.74) is -0.661. The van der Waals surface area contributed by atoms with E-state index in [9.17, 15) is 14.7 Å². The van der Waals surface area contributed by atoms with Crippen molar-refractivity contribution in [3.63, 3.8) is 0 Å². The Hall–Kier alpha value is -1.18. The van der Waals surface area contributed by atoms with Crippen LogP contribution < -0.4 is 0 Å². The number of carbonyl (C=O) groups excluding carboxylic acids is 2. The highest BCUT2D eigenvalue weighted by Gasteiger charge is 2.39. The van der Waals surface area contributed by atoms with Gasteiger partial charge in [0.15, 0.2) is 6.10 Å². The summed E-state index contributed by atoms with van der Waals surface area (Å²) < 4.78 is 16.3. The number of esters is 2. The Bertz CT molecular complexity index is 475. The number of hydrogen-bond donors (Lipinski definition) is 1. The first-order chi connectivity index (χ1) is 12.2. The van der Waals surface area contributed by atoms with Crippen LogP contribution >= 0.6 is 0 Å². The third kappa shape index (κ3) is 5.93. The minimum atomic E-state index is -1.34. The monoisotopic (exact) mass is 371 g/mol. The fourth-order valence-corrected chi connectivity index (χ4v) is 3.63. The van der Waals surface area contributed by atoms with Crippen molar-refractivity contribution in [2.45, 2.75) is 83.3 Å². The number of nitrogens with zero attached hydrogens (tertiary/aromatic N) is 1. The van der Waals surface area contributed by atoms with Gasteiger partial charge in [-0.25, -0.2) is 4.79 Å². The van der Waals surface area contributed by atoms with Crippen LogP contribution in [0.5, 0.6) is 0 Å². The van der Waals surface area contributed by atoms with Crippen LogP contribution in [0.2, 0.25) is 0 Å². The Kier molecular flexibility index (Phi) is 7.43. The molecule has 2 fully saturated rings. The molecule has 1 aliphatic carbocycles. The molecule has 0 radical (unpaired) electrons. The molecule has 2 atom stereocenters. The average Bonchev–Trinajstić information content (AvgIpc) is 3.11. The van der Waals surface area contributed by atoms with Crippen LogP contribution in [0.3, 0.4) is 0 Å². The third-order valence-corrected chi connectivity index (χ3v) is 4.96. The molecule has 2 aliphatic rings. The number of ether oxygens (including phenoxy) is 3. The predicted octanol–water partition coefficient (Wildman–Crippen LogP) is 1.86. The molecule has 0 amide bonds. The molecule has 0 aromatic heterocycles. The predicted molar refractivity (Wildman–Crippen MR) is 95.3 cm³/mol. The number of methoxy groups -OCH3 is 1. The van der Waals surface area contributed by atoms with Crippen LogP contribution in [0, 0.1) is 5.92 Å². The van der Waals surface area contributed by atoms with Crippen LogP contribution in [0.1, 0.15) is 59.3 Å². The smallest absolute Gasteiger partial charge is 0.339 e. The van der Waals surface area contributed by atoms with E-state index in [2.05, 4.69) is 0 Å². The van der Waals surface area contributed by atoms with Gasteiger partial charge in [0.1, 0.15) is 11.8 Å². The van der Waals surface area contributed by atoms with Crippen LogP contribution in [-0.4, -0.2) is 66.2 Å². The van der Waals surface area contributed by atoms with Gasteiger partial charge >= 0.3 is 11.9 Å². The summed E-state index contributed by atoms with van der Waals surface area (Å²) in [4.78, 5) is 26.0. The Morgan fingerprint density at radius 1 is 1.08 bits per heavy atom. The largest absolute Gasteiger partial charge is 0.469 e. The first-order valence-corrected chi connectivity index (χ1v) is 9.59. The van der Waals surface area contributed by atoms with Gasteiger partial charge in [0.25, 0.3) is 0 Å². The van der Waals surface area contributed by atoms with E-state index in [-0.39, 0.29) is 18.0 Å². The summed E-state index contributed by atoms with van der Waals surface area (Å²) in [7, 11) is 1.41. The van der Waals surface area contributed by atoms with Crippen molar-refractivity contribution in [2.24, 2.45) is 5.92 Å². The molecule has 1 aliphatic heterocycles. The minimum Gasteiger partial charge on any atom is -0.469 e. The van der Waals surface area contributed by atoms with Gasteiger partial charge in [0.2, 0.25) is 0 Å². The van der Waals surface area contributed by atoms with Crippen LogP contribution in [0.25, 0.3) is 0 Å². The number of hydrogen-bond acceptors (Lipinski definition) is 7. The van der Waals surface area contributed by atoms with Crippen molar-refractivity contribution in [2.75, 3.05) is 20.2 Å². The molecule has 150 valence electrons. The quantitative estimate of drug-likeness (QED) is 0.713. The molecule has 1 saturated carbocycles. The number of aliphatic hydroxyl groups excluding tert-OH is 1. The standard InChI is InChI=1S/C19H33NO6/c1-19(2,3)26-18(23)15(21)16(20-11-5-6-12-20)25-14-9-7-13(8-10-14)17(22)24-4/h13-16,21H,5-12H2,1-4H3/t13?,14?,15-,16-/m0/s1. The molecular weight excluding hydrogens is 338 g/mol. The lowest BCUT2D eigenvalue weighted by atomic mass is 9.87. The van der Waals surface area contributed by atoms with Crippen LogP contribution in [-0.2, 0) is 23.8 Å². The second-order valence-corrected chi connectivity index (χ2v) is 8.24. The van der Waals surface area contributed by atoms with E-state index in [0.717, 1.165) is 25.9 Å². The summed E-state index contributed by atoms with van der Waals surface area (Å²) in [5, 5.41) is 10.6. The highest BCUT2D eigenvalue weighted by molar-refractivity contribution is 5.75. The zero-order valence-electron chi connectivity index (χ0n) is 16.4. The highest BCUT2D eigenvalue weighted by atomic mass is 16.6. The fraction of sp³-hybridized carbons (Fsp3) is 0.895. The zero-order valence-corrected chi connectivity index (χ0v) is 16.4. The van der Waals surface area contributed by atoms with E-state index in [1.807, 2.05) is 4.90 Å². The van der Waals surface area contributed by atoms with Gasteiger partial charge in [0.05, 0.1) is 19.1 Å². The molecule has 1 saturated heterocycles.